The van der Waals surface area contributed by atoms with Crippen LogP contribution in [0, 0.1) is 0 Å². The predicted molar refractivity (Wildman–Crippen MR) is 80.3 cm³/mol. The maximum absolute atomic E-state index is 12.3. The van der Waals surface area contributed by atoms with Crippen molar-refractivity contribution in [1.82, 2.24) is 15.2 Å². The van der Waals surface area contributed by atoms with E-state index in [4.69, 9.17) is 4.74 Å². The second-order valence-electron chi connectivity index (χ2n) is 5.49. The number of ether oxygens (including phenoxy) is 1. The van der Waals surface area contributed by atoms with E-state index >= 15 is 0 Å². The smallest absolute Gasteiger partial charge is 0.224 e. The second-order valence-corrected chi connectivity index (χ2v) is 5.49. The van der Waals surface area contributed by atoms with Gasteiger partial charge in [-0.2, -0.15) is 0 Å². The monoisotopic (exact) mass is 290 g/mol. The minimum absolute atomic E-state index is 0.167. The molecule has 2 fully saturated rings. The maximum Gasteiger partial charge on any atom is 0.224 e. The highest BCUT2D eigenvalue weighted by Crippen LogP contribution is 2.13. The zero-order valence-electron chi connectivity index (χ0n) is 12.2. The van der Waals surface area contributed by atoms with Gasteiger partial charge in [0.2, 0.25) is 5.91 Å². The Kier molecular flexibility index (Phi) is 4.67. The molecule has 3 rings (SSSR count). The van der Waals surface area contributed by atoms with Gasteiger partial charge in [0.05, 0.1) is 13.2 Å². The number of piperazine rings is 1. The number of morpholine rings is 1. The predicted octanol–water partition coefficient (Wildman–Crippen LogP) is 0.109. The summed E-state index contributed by atoms with van der Waals surface area (Å²) in [5.74, 6) is 1.21. The van der Waals surface area contributed by atoms with Crippen LogP contribution in [0.4, 0.5) is 5.82 Å². The normalized spacial score (nSPS) is 23.1. The highest BCUT2D eigenvalue weighted by molar-refractivity contribution is 5.77. The number of carbonyl (C=O) groups is 1. The van der Waals surface area contributed by atoms with Crippen LogP contribution < -0.4 is 10.2 Å². The van der Waals surface area contributed by atoms with Gasteiger partial charge in [0.15, 0.2) is 0 Å². The molecule has 1 amide bonds. The Labute approximate surface area is 125 Å². The molecule has 6 heteroatoms. The van der Waals surface area contributed by atoms with Crippen LogP contribution in [0.2, 0.25) is 0 Å². The SMILES string of the molecule is O=C(CC1COCCN1)N1CCN(c2ccccn2)CC1. The van der Waals surface area contributed by atoms with E-state index in [-0.39, 0.29) is 11.9 Å². The Morgan fingerprint density at radius 1 is 1.33 bits per heavy atom. The van der Waals surface area contributed by atoms with Crippen molar-refractivity contribution in [2.75, 3.05) is 50.8 Å². The van der Waals surface area contributed by atoms with Crippen molar-refractivity contribution in [2.24, 2.45) is 0 Å². The van der Waals surface area contributed by atoms with Crippen LogP contribution in [-0.2, 0) is 9.53 Å². The first-order valence-electron chi connectivity index (χ1n) is 7.58. The molecule has 0 radical (unpaired) electrons. The van der Waals surface area contributed by atoms with E-state index in [1.165, 1.54) is 0 Å². The van der Waals surface area contributed by atoms with Gasteiger partial charge < -0.3 is 19.9 Å². The van der Waals surface area contributed by atoms with E-state index < -0.39 is 0 Å². The second kappa shape index (κ2) is 6.87. The van der Waals surface area contributed by atoms with E-state index in [2.05, 4.69) is 15.2 Å². The average molecular weight is 290 g/mol. The van der Waals surface area contributed by atoms with Crippen LogP contribution in [0.1, 0.15) is 6.42 Å². The molecular formula is C15H22N4O2. The van der Waals surface area contributed by atoms with Crippen LogP contribution in [0.3, 0.4) is 0 Å². The van der Waals surface area contributed by atoms with Gasteiger partial charge >= 0.3 is 0 Å². The van der Waals surface area contributed by atoms with Gasteiger partial charge in [-0.1, -0.05) is 6.07 Å². The number of hydrogen-bond donors (Lipinski definition) is 1. The van der Waals surface area contributed by atoms with Crippen molar-refractivity contribution in [3.05, 3.63) is 24.4 Å². The van der Waals surface area contributed by atoms with Crippen molar-refractivity contribution < 1.29 is 9.53 Å². The summed E-state index contributed by atoms with van der Waals surface area (Å²) in [6.07, 6.45) is 2.34. The van der Waals surface area contributed by atoms with Crippen molar-refractivity contribution >= 4 is 11.7 Å². The molecule has 0 saturated carbocycles. The molecule has 2 saturated heterocycles. The molecule has 1 unspecified atom stereocenters. The minimum Gasteiger partial charge on any atom is -0.378 e. The number of aromatic nitrogens is 1. The lowest BCUT2D eigenvalue weighted by Crippen LogP contribution is -2.51. The molecule has 114 valence electrons. The van der Waals surface area contributed by atoms with Gasteiger partial charge in [-0.15, -0.1) is 0 Å². The molecule has 1 aromatic rings. The molecular weight excluding hydrogens is 268 g/mol. The molecule has 21 heavy (non-hydrogen) atoms. The van der Waals surface area contributed by atoms with Crippen LogP contribution in [0.5, 0.6) is 0 Å². The summed E-state index contributed by atoms with van der Waals surface area (Å²) in [4.78, 5) is 20.8. The molecule has 0 bridgehead atoms. The van der Waals surface area contributed by atoms with E-state index in [0.717, 1.165) is 45.1 Å². The van der Waals surface area contributed by atoms with Crippen LogP contribution in [0.25, 0.3) is 0 Å². The summed E-state index contributed by atoms with van der Waals surface area (Å²) in [5, 5.41) is 3.33. The third kappa shape index (κ3) is 3.71. The third-order valence-electron chi connectivity index (χ3n) is 4.03. The fraction of sp³-hybridized carbons (Fsp3) is 0.600. The van der Waals surface area contributed by atoms with E-state index in [1.54, 1.807) is 0 Å². The number of carbonyl (C=O) groups excluding carboxylic acids is 1. The Morgan fingerprint density at radius 3 is 2.86 bits per heavy atom. The van der Waals surface area contributed by atoms with Gasteiger partial charge in [0.25, 0.3) is 0 Å². The summed E-state index contributed by atoms with van der Waals surface area (Å²) >= 11 is 0. The lowest BCUT2D eigenvalue weighted by molar-refractivity contribution is -0.132. The molecule has 0 aliphatic carbocycles. The molecule has 1 aromatic heterocycles. The van der Waals surface area contributed by atoms with Crippen molar-refractivity contribution in [3.63, 3.8) is 0 Å². The Balaban J connectivity index is 1.47. The largest absolute Gasteiger partial charge is 0.378 e. The zero-order chi connectivity index (χ0) is 14.5. The average Bonchev–Trinajstić information content (AvgIpc) is 2.57. The molecule has 2 aliphatic rings. The summed E-state index contributed by atoms with van der Waals surface area (Å²) in [6, 6.07) is 6.10. The molecule has 0 aromatic carbocycles. The fourth-order valence-corrected chi connectivity index (χ4v) is 2.82. The number of hydrogen-bond acceptors (Lipinski definition) is 5. The number of anilines is 1. The van der Waals surface area contributed by atoms with Gasteiger partial charge in [-0.25, -0.2) is 4.98 Å². The van der Waals surface area contributed by atoms with Gasteiger partial charge in [0.1, 0.15) is 5.82 Å². The quantitative estimate of drug-likeness (QED) is 0.856. The van der Waals surface area contributed by atoms with Gasteiger partial charge in [-0.3, -0.25) is 4.79 Å². The number of amides is 1. The number of nitrogens with zero attached hydrogens (tertiary/aromatic N) is 3. The molecule has 0 spiro atoms. The van der Waals surface area contributed by atoms with Gasteiger partial charge in [0, 0.05) is 51.4 Å². The highest BCUT2D eigenvalue weighted by atomic mass is 16.5. The summed E-state index contributed by atoms with van der Waals surface area (Å²) in [5.41, 5.74) is 0. The van der Waals surface area contributed by atoms with E-state index in [9.17, 15) is 4.79 Å². The van der Waals surface area contributed by atoms with E-state index in [1.807, 2.05) is 29.3 Å². The third-order valence-corrected chi connectivity index (χ3v) is 4.03. The standard InChI is InChI=1S/C15H22N4O2/c20-15(11-13-12-21-10-5-16-13)19-8-6-18(7-9-19)14-3-1-2-4-17-14/h1-4,13,16H,5-12H2. The van der Waals surface area contributed by atoms with Crippen LogP contribution in [0.15, 0.2) is 24.4 Å². The Bertz CT molecular complexity index is 454. The Morgan fingerprint density at radius 2 is 2.19 bits per heavy atom. The maximum atomic E-state index is 12.3. The van der Waals surface area contributed by atoms with Gasteiger partial charge in [-0.05, 0) is 12.1 Å². The first kappa shape index (κ1) is 14.3. The number of nitrogens with one attached hydrogen (secondary N) is 1. The molecule has 6 nitrogen and oxygen atoms in total. The molecule has 1 N–H and O–H groups in total. The number of rotatable bonds is 3. The lowest BCUT2D eigenvalue weighted by atomic mass is 10.1. The summed E-state index contributed by atoms with van der Waals surface area (Å²) in [7, 11) is 0. The summed E-state index contributed by atoms with van der Waals surface area (Å²) < 4.78 is 5.40. The zero-order valence-corrected chi connectivity index (χ0v) is 12.2. The highest BCUT2D eigenvalue weighted by Gasteiger charge is 2.24. The first-order chi connectivity index (χ1) is 10.3. The summed E-state index contributed by atoms with van der Waals surface area (Å²) in [6.45, 7) is 5.44. The first-order valence-corrected chi connectivity index (χ1v) is 7.58. The van der Waals surface area contributed by atoms with Crippen molar-refractivity contribution in [1.29, 1.82) is 0 Å². The number of pyridine rings is 1. The topological polar surface area (TPSA) is 57.7 Å². The molecule has 1 atom stereocenters. The molecule has 2 aliphatic heterocycles. The van der Waals surface area contributed by atoms with Crippen molar-refractivity contribution in [2.45, 2.75) is 12.5 Å². The van der Waals surface area contributed by atoms with Crippen LogP contribution in [-0.4, -0.2) is 67.8 Å². The lowest BCUT2D eigenvalue weighted by Gasteiger charge is -2.36. The molecule has 3 heterocycles. The Hall–Kier alpha value is -1.66. The van der Waals surface area contributed by atoms with Crippen LogP contribution >= 0.6 is 0 Å². The van der Waals surface area contributed by atoms with E-state index in [0.29, 0.717) is 13.0 Å². The fourth-order valence-electron chi connectivity index (χ4n) is 2.82. The van der Waals surface area contributed by atoms with Crippen molar-refractivity contribution in [3.8, 4) is 0 Å². The minimum atomic E-state index is 0.167.